The standard InChI is InChI=1S/C21H20F3N3O4/c1-12-18(19(28)26-15-6-4-5-14(10-15)21(22,23)24)20(31-27-12)25-11-13-7-8-16(29-2)17(9-13)30-3/h4-10,25H,11H2,1-3H3,(H,26,28). The molecular formula is C21H20F3N3O4. The van der Waals surface area contributed by atoms with Gasteiger partial charge in [-0.3, -0.25) is 4.79 Å². The highest BCUT2D eigenvalue weighted by Crippen LogP contribution is 2.31. The highest BCUT2D eigenvalue weighted by molar-refractivity contribution is 6.08. The minimum Gasteiger partial charge on any atom is -0.493 e. The van der Waals surface area contributed by atoms with E-state index in [-0.39, 0.29) is 23.7 Å². The lowest BCUT2D eigenvalue weighted by Crippen LogP contribution is -2.15. The Labute approximate surface area is 176 Å². The van der Waals surface area contributed by atoms with Crippen LogP contribution in [0.15, 0.2) is 47.0 Å². The van der Waals surface area contributed by atoms with Gasteiger partial charge in [0, 0.05) is 12.2 Å². The van der Waals surface area contributed by atoms with E-state index in [1.165, 1.54) is 26.4 Å². The maximum Gasteiger partial charge on any atom is 0.416 e. The largest absolute Gasteiger partial charge is 0.493 e. The van der Waals surface area contributed by atoms with Crippen LogP contribution < -0.4 is 20.1 Å². The second-order valence-electron chi connectivity index (χ2n) is 6.55. The topological polar surface area (TPSA) is 85.6 Å². The lowest BCUT2D eigenvalue weighted by atomic mass is 10.1. The maximum absolute atomic E-state index is 12.9. The van der Waals surface area contributed by atoms with Crippen LogP contribution in [-0.4, -0.2) is 25.3 Å². The normalized spacial score (nSPS) is 11.2. The number of nitrogens with zero attached hydrogens (tertiary/aromatic N) is 1. The fraction of sp³-hybridized carbons (Fsp3) is 0.238. The molecule has 7 nitrogen and oxygen atoms in total. The fourth-order valence-corrected chi connectivity index (χ4v) is 2.90. The first-order valence-electron chi connectivity index (χ1n) is 9.12. The average molecular weight is 435 g/mol. The number of carbonyl (C=O) groups excluding carboxylic acids is 1. The van der Waals surface area contributed by atoms with Gasteiger partial charge in [-0.15, -0.1) is 0 Å². The number of rotatable bonds is 7. The summed E-state index contributed by atoms with van der Waals surface area (Å²) in [6.07, 6.45) is -4.51. The number of carbonyl (C=O) groups is 1. The Balaban J connectivity index is 1.76. The molecule has 0 saturated heterocycles. The average Bonchev–Trinajstić information content (AvgIpc) is 3.12. The molecule has 0 saturated carbocycles. The van der Waals surface area contributed by atoms with Crippen molar-refractivity contribution in [2.24, 2.45) is 0 Å². The summed E-state index contributed by atoms with van der Waals surface area (Å²) in [6, 6.07) is 9.68. The molecule has 164 valence electrons. The van der Waals surface area contributed by atoms with Crippen LogP contribution in [0.3, 0.4) is 0 Å². The molecule has 0 aliphatic carbocycles. The fourth-order valence-electron chi connectivity index (χ4n) is 2.90. The zero-order valence-corrected chi connectivity index (χ0v) is 17.0. The Morgan fingerprint density at radius 1 is 1.10 bits per heavy atom. The molecule has 1 aromatic heterocycles. The number of methoxy groups -OCH3 is 2. The van der Waals surface area contributed by atoms with Crippen LogP contribution in [0.25, 0.3) is 0 Å². The van der Waals surface area contributed by atoms with Gasteiger partial charge in [-0.05, 0) is 42.8 Å². The minimum atomic E-state index is -4.51. The molecule has 1 heterocycles. The van der Waals surface area contributed by atoms with E-state index in [2.05, 4.69) is 15.8 Å². The zero-order valence-electron chi connectivity index (χ0n) is 17.0. The molecular weight excluding hydrogens is 415 g/mol. The maximum atomic E-state index is 12.9. The van der Waals surface area contributed by atoms with E-state index < -0.39 is 17.6 Å². The molecule has 0 aliphatic rings. The van der Waals surface area contributed by atoms with Gasteiger partial charge in [0.1, 0.15) is 5.56 Å². The van der Waals surface area contributed by atoms with E-state index in [0.717, 1.165) is 17.7 Å². The Kier molecular flexibility index (Phi) is 6.38. The van der Waals surface area contributed by atoms with Crippen LogP contribution in [0.2, 0.25) is 0 Å². The van der Waals surface area contributed by atoms with Crippen molar-refractivity contribution in [2.45, 2.75) is 19.6 Å². The first kappa shape index (κ1) is 22.0. The van der Waals surface area contributed by atoms with E-state index in [1.54, 1.807) is 25.1 Å². The third kappa shape index (κ3) is 5.08. The van der Waals surface area contributed by atoms with Crippen molar-refractivity contribution in [1.82, 2.24) is 5.16 Å². The summed E-state index contributed by atoms with van der Waals surface area (Å²) in [5.74, 6) is 0.561. The number of halogens is 3. The Morgan fingerprint density at radius 2 is 1.84 bits per heavy atom. The number of nitrogens with one attached hydrogen (secondary N) is 2. The molecule has 0 bridgehead atoms. The third-order valence-corrected chi connectivity index (χ3v) is 4.44. The van der Waals surface area contributed by atoms with Gasteiger partial charge in [-0.25, -0.2) is 0 Å². The van der Waals surface area contributed by atoms with Gasteiger partial charge in [0.2, 0.25) is 5.88 Å². The van der Waals surface area contributed by atoms with Crippen molar-refractivity contribution in [2.75, 3.05) is 24.9 Å². The number of hydrogen-bond acceptors (Lipinski definition) is 6. The van der Waals surface area contributed by atoms with Crippen molar-refractivity contribution in [3.8, 4) is 11.5 Å². The van der Waals surface area contributed by atoms with Crippen molar-refractivity contribution in [3.63, 3.8) is 0 Å². The molecule has 3 rings (SSSR count). The molecule has 0 unspecified atom stereocenters. The second-order valence-corrected chi connectivity index (χ2v) is 6.55. The number of alkyl halides is 3. The number of benzene rings is 2. The SMILES string of the molecule is COc1ccc(CNc2onc(C)c2C(=O)Nc2cccc(C(F)(F)F)c2)cc1OC. The number of ether oxygens (including phenoxy) is 2. The Morgan fingerprint density at radius 3 is 2.52 bits per heavy atom. The van der Waals surface area contributed by atoms with E-state index in [0.29, 0.717) is 17.2 Å². The monoisotopic (exact) mass is 435 g/mol. The number of anilines is 2. The summed E-state index contributed by atoms with van der Waals surface area (Å²) in [6.45, 7) is 1.84. The van der Waals surface area contributed by atoms with Crippen LogP contribution in [0.1, 0.15) is 27.2 Å². The molecule has 0 atom stereocenters. The summed E-state index contributed by atoms with van der Waals surface area (Å²) in [5, 5.41) is 9.22. The quantitative estimate of drug-likeness (QED) is 0.550. The summed E-state index contributed by atoms with van der Waals surface area (Å²) < 4.78 is 54.4. The van der Waals surface area contributed by atoms with E-state index in [1.807, 2.05) is 0 Å². The van der Waals surface area contributed by atoms with E-state index in [9.17, 15) is 18.0 Å². The van der Waals surface area contributed by atoms with Gasteiger partial charge in [-0.1, -0.05) is 17.3 Å². The molecule has 2 N–H and O–H groups in total. The molecule has 0 fully saturated rings. The van der Waals surface area contributed by atoms with Crippen LogP contribution in [0.4, 0.5) is 24.7 Å². The van der Waals surface area contributed by atoms with Gasteiger partial charge in [0.25, 0.3) is 5.91 Å². The van der Waals surface area contributed by atoms with E-state index in [4.69, 9.17) is 14.0 Å². The summed E-state index contributed by atoms with van der Waals surface area (Å²) in [4.78, 5) is 12.7. The summed E-state index contributed by atoms with van der Waals surface area (Å²) in [5.41, 5.74) is 0.346. The Hall–Kier alpha value is -3.69. The van der Waals surface area contributed by atoms with Crippen molar-refractivity contribution >= 4 is 17.5 Å². The van der Waals surface area contributed by atoms with Crippen LogP contribution in [0.5, 0.6) is 11.5 Å². The van der Waals surface area contributed by atoms with E-state index >= 15 is 0 Å². The van der Waals surface area contributed by atoms with Crippen molar-refractivity contribution in [3.05, 3.63) is 64.8 Å². The van der Waals surface area contributed by atoms with Crippen LogP contribution in [-0.2, 0) is 12.7 Å². The molecule has 3 aromatic rings. The summed E-state index contributed by atoms with van der Waals surface area (Å²) >= 11 is 0. The summed E-state index contributed by atoms with van der Waals surface area (Å²) in [7, 11) is 3.05. The molecule has 1 amide bonds. The smallest absolute Gasteiger partial charge is 0.416 e. The van der Waals surface area contributed by atoms with Crippen molar-refractivity contribution < 1.29 is 32.0 Å². The number of aromatic nitrogens is 1. The third-order valence-electron chi connectivity index (χ3n) is 4.44. The second kappa shape index (κ2) is 8.99. The van der Waals surface area contributed by atoms with Gasteiger partial charge in [0.05, 0.1) is 25.5 Å². The molecule has 0 aliphatic heterocycles. The van der Waals surface area contributed by atoms with Crippen LogP contribution in [0, 0.1) is 6.92 Å². The molecule has 31 heavy (non-hydrogen) atoms. The lowest BCUT2D eigenvalue weighted by Gasteiger charge is -2.11. The predicted octanol–water partition coefficient (Wildman–Crippen LogP) is 4.88. The Bertz CT molecular complexity index is 1080. The first-order chi connectivity index (χ1) is 14.7. The first-order valence-corrected chi connectivity index (χ1v) is 9.12. The van der Waals surface area contributed by atoms with Crippen LogP contribution >= 0.6 is 0 Å². The zero-order chi connectivity index (χ0) is 22.6. The number of aryl methyl sites for hydroxylation is 1. The number of hydrogen-bond donors (Lipinski definition) is 2. The highest BCUT2D eigenvalue weighted by atomic mass is 19.4. The minimum absolute atomic E-state index is 0.00580. The predicted molar refractivity (Wildman–Crippen MR) is 108 cm³/mol. The van der Waals surface area contributed by atoms with Gasteiger partial charge < -0.3 is 24.6 Å². The molecule has 10 heteroatoms. The molecule has 2 aromatic carbocycles. The van der Waals surface area contributed by atoms with Gasteiger partial charge in [-0.2, -0.15) is 13.2 Å². The lowest BCUT2D eigenvalue weighted by molar-refractivity contribution is -0.137. The number of amides is 1. The van der Waals surface area contributed by atoms with Crippen molar-refractivity contribution in [1.29, 1.82) is 0 Å². The molecule has 0 radical (unpaired) electrons. The van der Waals surface area contributed by atoms with Gasteiger partial charge in [0.15, 0.2) is 11.5 Å². The molecule has 0 spiro atoms. The highest BCUT2D eigenvalue weighted by Gasteiger charge is 2.30. The van der Waals surface area contributed by atoms with Gasteiger partial charge >= 0.3 is 6.18 Å².